The first-order valence-corrected chi connectivity index (χ1v) is 8.04. The van der Waals surface area contributed by atoms with E-state index < -0.39 is 0 Å². The standard InChI is InChI=1S/C18H21N5O/c1-11(2)14-5-7-15(8-6-14)13(4)22-17(24)16-9-12(3)21-18-19-10-20-23(16)18/h5-11,13H,1-4H3,(H,22,24)/t13-/m0/s1. The lowest BCUT2D eigenvalue weighted by molar-refractivity contribution is 0.0932. The minimum Gasteiger partial charge on any atom is -0.344 e. The Labute approximate surface area is 141 Å². The lowest BCUT2D eigenvalue weighted by atomic mass is 9.99. The molecule has 24 heavy (non-hydrogen) atoms. The van der Waals surface area contributed by atoms with Crippen LogP contribution < -0.4 is 5.32 Å². The summed E-state index contributed by atoms with van der Waals surface area (Å²) >= 11 is 0. The average Bonchev–Trinajstić information content (AvgIpc) is 3.02. The normalized spacial score (nSPS) is 12.5. The second-order valence-corrected chi connectivity index (χ2v) is 6.27. The average molecular weight is 323 g/mol. The summed E-state index contributed by atoms with van der Waals surface area (Å²) in [5.74, 6) is 0.717. The van der Waals surface area contributed by atoms with Gasteiger partial charge in [-0.25, -0.2) is 4.98 Å². The molecule has 1 atom stereocenters. The Hall–Kier alpha value is -2.76. The topological polar surface area (TPSA) is 72.2 Å². The summed E-state index contributed by atoms with van der Waals surface area (Å²) in [6.07, 6.45) is 1.40. The van der Waals surface area contributed by atoms with E-state index in [1.54, 1.807) is 6.07 Å². The summed E-state index contributed by atoms with van der Waals surface area (Å²) in [6, 6.07) is 9.94. The Kier molecular flexibility index (Phi) is 4.29. The van der Waals surface area contributed by atoms with Gasteiger partial charge in [-0.1, -0.05) is 38.1 Å². The number of nitrogens with one attached hydrogen (secondary N) is 1. The number of aryl methyl sites for hydroxylation is 1. The smallest absolute Gasteiger partial charge is 0.270 e. The second kappa shape index (κ2) is 6.39. The molecule has 6 nitrogen and oxygen atoms in total. The molecule has 0 radical (unpaired) electrons. The van der Waals surface area contributed by atoms with Crippen molar-refractivity contribution >= 4 is 11.7 Å². The second-order valence-electron chi connectivity index (χ2n) is 6.27. The van der Waals surface area contributed by atoms with Gasteiger partial charge < -0.3 is 5.32 Å². The number of nitrogens with zero attached hydrogens (tertiary/aromatic N) is 4. The maximum Gasteiger partial charge on any atom is 0.270 e. The summed E-state index contributed by atoms with van der Waals surface area (Å²) in [7, 11) is 0. The number of rotatable bonds is 4. The largest absolute Gasteiger partial charge is 0.344 e. The van der Waals surface area contributed by atoms with Crippen molar-refractivity contribution in [2.45, 2.75) is 39.7 Å². The summed E-state index contributed by atoms with van der Waals surface area (Å²) in [5, 5.41) is 7.09. The highest BCUT2D eigenvalue weighted by molar-refractivity contribution is 5.93. The molecular formula is C18H21N5O. The van der Waals surface area contributed by atoms with Crippen LogP contribution in [0.15, 0.2) is 36.7 Å². The first-order valence-electron chi connectivity index (χ1n) is 8.04. The van der Waals surface area contributed by atoms with Gasteiger partial charge in [-0.2, -0.15) is 14.6 Å². The van der Waals surface area contributed by atoms with Crippen molar-refractivity contribution in [3.8, 4) is 0 Å². The Balaban J connectivity index is 1.81. The van der Waals surface area contributed by atoms with Gasteiger partial charge in [-0.05, 0) is 37.0 Å². The number of carbonyl (C=O) groups excluding carboxylic acids is 1. The molecule has 6 heteroatoms. The Morgan fingerprint density at radius 2 is 1.79 bits per heavy atom. The minimum absolute atomic E-state index is 0.106. The Morgan fingerprint density at radius 1 is 1.12 bits per heavy atom. The first kappa shape index (κ1) is 16.1. The third-order valence-electron chi connectivity index (χ3n) is 4.06. The molecule has 0 unspecified atom stereocenters. The minimum atomic E-state index is -0.198. The van der Waals surface area contributed by atoms with Crippen LogP contribution in [0.25, 0.3) is 5.78 Å². The van der Waals surface area contributed by atoms with Gasteiger partial charge >= 0.3 is 0 Å². The van der Waals surface area contributed by atoms with Gasteiger partial charge in [0, 0.05) is 5.69 Å². The van der Waals surface area contributed by atoms with Crippen molar-refractivity contribution in [3.63, 3.8) is 0 Å². The molecule has 1 aromatic carbocycles. The molecule has 2 heterocycles. The van der Waals surface area contributed by atoms with Gasteiger partial charge in [0.2, 0.25) is 0 Å². The van der Waals surface area contributed by atoms with Crippen LogP contribution in [0, 0.1) is 6.92 Å². The molecule has 0 saturated carbocycles. The highest BCUT2D eigenvalue weighted by atomic mass is 16.2. The highest BCUT2D eigenvalue weighted by Gasteiger charge is 2.16. The molecule has 0 fully saturated rings. The number of benzene rings is 1. The van der Waals surface area contributed by atoms with Crippen LogP contribution in [-0.4, -0.2) is 25.5 Å². The van der Waals surface area contributed by atoms with E-state index in [0.717, 1.165) is 11.3 Å². The molecule has 0 saturated heterocycles. The fourth-order valence-electron chi connectivity index (χ4n) is 2.62. The van der Waals surface area contributed by atoms with Gasteiger partial charge in [0.25, 0.3) is 11.7 Å². The summed E-state index contributed by atoms with van der Waals surface area (Å²) in [6.45, 7) is 8.12. The zero-order chi connectivity index (χ0) is 17.3. The number of fused-ring (bicyclic) bond motifs is 1. The molecule has 3 rings (SSSR count). The molecular weight excluding hydrogens is 302 g/mol. The van der Waals surface area contributed by atoms with Crippen molar-refractivity contribution in [1.82, 2.24) is 24.9 Å². The molecule has 0 bridgehead atoms. The Bertz CT molecular complexity index is 867. The van der Waals surface area contributed by atoms with E-state index in [-0.39, 0.29) is 11.9 Å². The van der Waals surface area contributed by atoms with E-state index in [1.165, 1.54) is 16.4 Å². The molecule has 1 N–H and O–H groups in total. The van der Waals surface area contributed by atoms with Gasteiger partial charge in [0.05, 0.1) is 6.04 Å². The molecule has 0 aliphatic rings. The van der Waals surface area contributed by atoms with Crippen LogP contribution >= 0.6 is 0 Å². The zero-order valence-corrected chi connectivity index (χ0v) is 14.3. The third-order valence-corrected chi connectivity index (χ3v) is 4.06. The van der Waals surface area contributed by atoms with Crippen LogP contribution in [0.4, 0.5) is 0 Å². The van der Waals surface area contributed by atoms with E-state index in [4.69, 9.17) is 0 Å². The first-order chi connectivity index (χ1) is 11.5. The van der Waals surface area contributed by atoms with Gasteiger partial charge in [-0.15, -0.1) is 0 Å². The number of hydrogen-bond donors (Lipinski definition) is 1. The summed E-state index contributed by atoms with van der Waals surface area (Å²) in [5.41, 5.74) is 3.51. The van der Waals surface area contributed by atoms with E-state index in [1.807, 2.05) is 13.8 Å². The van der Waals surface area contributed by atoms with Gasteiger partial charge in [0.15, 0.2) is 0 Å². The molecule has 0 aliphatic heterocycles. The molecule has 3 aromatic rings. The maximum absolute atomic E-state index is 12.6. The van der Waals surface area contributed by atoms with Crippen molar-refractivity contribution < 1.29 is 4.79 Å². The van der Waals surface area contributed by atoms with Crippen molar-refractivity contribution in [2.75, 3.05) is 0 Å². The van der Waals surface area contributed by atoms with E-state index in [9.17, 15) is 4.79 Å². The monoisotopic (exact) mass is 323 g/mol. The van der Waals surface area contributed by atoms with Crippen LogP contribution in [0.1, 0.15) is 60.0 Å². The van der Waals surface area contributed by atoms with Crippen LogP contribution in [-0.2, 0) is 0 Å². The van der Waals surface area contributed by atoms with Crippen molar-refractivity contribution in [1.29, 1.82) is 0 Å². The molecule has 0 spiro atoms. The fraction of sp³-hybridized carbons (Fsp3) is 0.333. The quantitative estimate of drug-likeness (QED) is 0.801. The lowest BCUT2D eigenvalue weighted by Gasteiger charge is -2.16. The van der Waals surface area contributed by atoms with Crippen molar-refractivity contribution in [3.05, 3.63) is 59.2 Å². The third kappa shape index (κ3) is 3.13. The van der Waals surface area contributed by atoms with E-state index in [0.29, 0.717) is 17.4 Å². The van der Waals surface area contributed by atoms with E-state index >= 15 is 0 Å². The lowest BCUT2D eigenvalue weighted by Crippen LogP contribution is -2.29. The van der Waals surface area contributed by atoms with Gasteiger partial charge in [-0.3, -0.25) is 4.79 Å². The molecule has 1 amide bonds. The molecule has 124 valence electrons. The predicted octanol–water partition coefficient (Wildman–Crippen LogP) is 3.05. The van der Waals surface area contributed by atoms with Crippen LogP contribution in [0.2, 0.25) is 0 Å². The van der Waals surface area contributed by atoms with Gasteiger partial charge in [0.1, 0.15) is 12.0 Å². The summed E-state index contributed by atoms with van der Waals surface area (Å²) < 4.78 is 1.46. The van der Waals surface area contributed by atoms with Crippen molar-refractivity contribution in [2.24, 2.45) is 0 Å². The maximum atomic E-state index is 12.6. The number of hydrogen-bond acceptors (Lipinski definition) is 4. The van der Waals surface area contributed by atoms with E-state index in [2.05, 4.69) is 58.5 Å². The molecule has 2 aromatic heterocycles. The highest BCUT2D eigenvalue weighted by Crippen LogP contribution is 2.19. The number of aromatic nitrogens is 4. The fourth-order valence-corrected chi connectivity index (χ4v) is 2.62. The van der Waals surface area contributed by atoms with Crippen LogP contribution in [0.5, 0.6) is 0 Å². The molecule has 0 aliphatic carbocycles. The number of amides is 1. The zero-order valence-electron chi connectivity index (χ0n) is 14.3. The predicted molar refractivity (Wildman–Crippen MR) is 91.9 cm³/mol. The Morgan fingerprint density at radius 3 is 2.46 bits per heavy atom. The summed E-state index contributed by atoms with van der Waals surface area (Å²) in [4.78, 5) is 20.9. The number of carbonyl (C=O) groups is 1. The van der Waals surface area contributed by atoms with Crippen LogP contribution in [0.3, 0.4) is 0 Å². The SMILES string of the molecule is Cc1cc(C(=O)N[C@@H](C)c2ccc(C(C)C)cc2)n2ncnc2n1.